The molecule has 5 rings (SSSR count). The third-order valence-corrected chi connectivity index (χ3v) is 6.89. The van der Waals surface area contributed by atoms with Crippen molar-refractivity contribution in [1.82, 2.24) is 0 Å². The number of Topliss-reactive ketones (excluding diaryl/α,β-unsaturated/α-hetero) is 1. The third-order valence-electron chi connectivity index (χ3n) is 6.89. The number of para-hydroxylation sites is 1. The van der Waals surface area contributed by atoms with Gasteiger partial charge in [-0.15, -0.1) is 0 Å². The molecule has 1 spiro atoms. The molecule has 33 heavy (non-hydrogen) atoms. The van der Waals surface area contributed by atoms with Crippen LogP contribution >= 0.6 is 0 Å². The lowest BCUT2D eigenvalue weighted by atomic mass is 9.63. The Morgan fingerprint density at radius 3 is 2.64 bits per heavy atom. The van der Waals surface area contributed by atoms with E-state index in [1.807, 2.05) is 67.3 Å². The number of allylic oxidation sites excluding steroid dienone is 1. The summed E-state index contributed by atoms with van der Waals surface area (Å²) in [5.74, 6) is -0.120. The van der Waals surface area contributed by atoms with Gasteiger partial charge >= 0.3 is 0 Å². The van der Waals surface area contributed by atoms with E-state index < -0.39 is 5.41 Å². The van der Waals surface area contributed by atoms with E-state index in [0.29, 0.717) is 36.9 Å². The van der Waals surface area contributed by atoms with Crippen molar-refractivity contribution >= 4 is 23.1 Å². The van der Waals surface area contributed by atoms with Crippen molar-refractivity contribution in [3.63, 3.8) is 0 Å². The topological polar surface area (TPSA) is 90.4 Å². The van der Waals surface area contributed by atoms with Crippen molar-refractivity contribution in [2.24, 2.45) is 5.73 Å². The summed E-state index contributed by atoms with van der Waals surface area (Å²) in [6.07, 6.45) is 2.40. The molecule has 0 saturated heterocycles. The fraction of sp³-hybridized carbons (Fsp3) is 0.296. The largest absolute Gasteiger partial charge is 0.384 e. The van der Waals surface area contributed by atoms with E-state index in [1.54, 1.807) is 4.90 Å². The molecule has 1 unspecified atom stereocenters. The zero-order chi connectivity index (χ0) is 23.3. The van der Waals surface area contributed by atoms with Gasteiger partial charge in [0.2, 0.25) is 5.91 Å². The van der Waals surface area contributed by atoms with Crippen LogP contribution in [0.3, 0.4) is 0 Å². The standard InChI is InChI=1S/C27H26N4O2/c1-3-14-30-21-11-5-4-10-19(21)27(26(30)33)20(16-28)25(29)31(18-9-6-8-17(2)15-18)22-12-7-13-23(32)24(22)27/h4-6,8-11,15H,3,7,12-14,29H2,1-2H3. The lowest BCUT2D eigenvalue weighted by molar-refractivity contribution is -0.124. The number of carbonyl (C=O) groups excluding carboxylic acids is 2. The first kappa shape index (κ1) is 21.0. The normalized spacial score (nSPS) is 22.1. The summed E-state index contributed by atoms with van der Waals surface area (Å²) < 4.78 is 0. The number of ketones is 1. The first-order chi connectivity index (χ1) is 16.0. The number of hydrogen-bond donors (Lipinski definition) is 1. The second-order valence-corrected chi connectivity index (χ2v) is 8.87. The second-order valence-electron chi connectivity index (χ2n) is 8.87. The van der Waals surface area contributed by atoms with Gasteiger partial charge in [-0.05, 0) is 49.9 Å². The van der Waals surface area contributed by atoms with Gasteiger partial charge in [-0.3, -0.25) is 14.5 Å². The lowest BCUT2D eigenvalue weighted by Gasteiger charge is -2.44. The van der Waals surface area contributed by atoms with E-state index >= 15 is 0 Å². The number of rotatable bonds is 3. The molecule has 2 heterocycles. The minimum atomic E-state index is -1.49. The van der Waals surface area contributed by atoms with Crippen LogP contribution in [0.15, 0.2) is 71.2 Å². The molecule has 0 aromatic heterocycles. The van der Waals surface area contributed by atoms with Crippen molar-refractivity contribution in [2.45, 2.75) is 44.9 Å². The Morgan fingerprint density at radius 1 is 1.12 bits per heavy atom. The van der Waals surface area contributed by atoms with Crippen molar-refractivity contribution in [3.8, 4) is 6.07 Å². The molecule has 0 saturated carbocycles. The monoisotopic (exact) mass is 438 g/mol. The lowest BCUT2D eigenvalue weighted by Crippen LogP contribution is -2.52. The van der Waals surface area contributed by atoms with Crippen molar-refractivity contribution < 1.29 is 9.59 Å². The summed E-state index contributed by atoms with van der Waals surface area (Å²) >= 11 is 0. The highest BCUT2D eigenvalue weighted by molar-refractivity contribution is 6.20. The Labute approximate surface area is 193 Å². The highest BCUT2D eigenvalue weighted by atomic mass is 16.2. The molecule has 0 radical (unpaired) electrons. The van der Waals surface area contributed by atoms with E-state index in [0.717, 1.165) is 29.1 Å². The van der Waals surface area contributed by atoms with Crippen molar-refractivity contribution in [2.75, 3.05) is 16.3 Å². The first-order valence-electron chi connectivity index (χ1n) is 11.4. The maximum Gasteiger partial charge on any atom is 0.247 e. The molecule has 1 atom stereocenters. The van der Waals surface area contributed by atoms with Crippen molar-refractivity contribution in [1.29, 1.82) is 5.26 Å². The number of carbonyl (C=O) groups is 2. The second kappa shape index (κ2) is 7.63. The van der Waals surface area contributed by atoms with Gasteiger partial charge in [0.1, 0.15) is 17.3 Å². The van der Waals surface area contributed by atoms with E-state index in [2.05, 4.69) is 6.07 Å². The number of anilines is 2. The van der Waals surface area contributed by atoms with E-state index in [9.17, 15) is 14.9 Å². The molecule has 2 aromatic carbocycles. The molecule has 3 aliphatic rings. The zero-order valence-corrected chi connectivity index (χ0v) is 18.9. The van der Waals surface area contributed by atoms with Gasteiger partial charge in [0.05, 0.1) is 5.57 Å². The highest BCUT2D eigenvalue weighted by Crippen LogP contribution is 2.56. The molecule has 1 aliphatic carbocycles. The van der Waals surface area contributed by atoms with Crippen LogP contribution in [-0.2, 0) is 15.0 Å². The average Bonchev–Trinajstić information content (AvgIpc) is 3.04. The van der Waals surface area contributed by atoms with E-state index in [4.69, 9.17) is 5.73 Å². The molecule has 1 amide bonds. The van der Waals surface area contributed by atoms with E-state index in [1.165, 1.54) is 0 Å². The molecule has 2 aromatic rings. The Bertz CT molecular complexity index is 1300. The number of nitrogens with two attached hydrogens (primary N) is 1. The summed E-state index contributed by atoms with van der Waals surface area (Å²) in [4.78, 5) is 31.4. The van der Waals surface area contributed by atoms with Gasteiger partial charge in [-0.1, -0.05) is 37.3 Å². The Balaban J connectivity index is 1.88. The molecule has 0 bridgehead atoms. The molecule has 0 fully saturated rings. The van der Waals surface area contributed by atoms with E-state index in [-0.39, 0.29) is 23.1 Å². The summed E-state index contributed by atoms with van der Waals surface area (Å²) in [5, 5.41) is 10.4. The SMILES string of the molecule is CCCN1C(=O)C2(C(C#N)=C(N)N(c3cccc(C)c3)C3=C2C(=O)CCC3)c2ccccc21. The number of benzene rings is 2. The number of nitriles is 1. The Kier molecular flexibility index (Phi) is 4.86. The van der Waals surface area contributed by atoms with Crippen LogP contribution in [0.25, 0.3) is 0 Å². The Morgan fingerprint density at radius 2 is 1.91 bits per heavy atom. The summed E-state index contributed by atoms with van der Waals surface area (Å²) in [7, 11) is 0. The molecule has 166 valence electrons. The molecule has 2 N–H and O–H groups in total. The van der Waals surface area contributed by atoms with Crippen LogP contribution in [-0.4, -0.2) is 18.2 Å². The number of hydrogen-bond acceptors (Lipinski definition) is 5. The Hall–Kier alpha value is -3.85. The average molecular weight is 439 g/mol. The van der Waals surface area contributed by atoms with Crippen molar-refractivity contribution in [3.05, 3.63) is 82.3 Å². The molecule has 6 heteroatoms. The molecule has 2 aliphatic heterocycles. The van der Waals surface area contributed by atoms with Gasteiger partial charge in [0.15, 0.2) is 5.78 Å². The predicted molar refractivity (Wildman–Crippen MR) is 127 cm³/mol. The van der Waals surface area contributed by atoms with Crippen LogP contribution in [0.1, 0.15) is 43.7 Å². The fourth-order valence-corrected chi connectivity index (χ4v) is 5.64. The fourth-order valence-electron chi connectivity index (χ4n) is 5.64. The maximum absolute atomic E-state index is 14.2. The van der Waals surface area contributed by atoms with Gasteiger partial charge in [0, 0.05) is 41.2 Å². The first-order valence-corrected chi connectivity index (χ1v) is 11.4. The minimum absolute atomic E-state index is 0.0874. The summed E-state index contributed by atoms with van der Waals surface area (Å²) in [6.45, 7) is 4.50. The summed E-state index contributed by atoms with van der Waals surface area (Å²) in [6, 6.07) is 17.6. The van der Waals surface area contributed by atoms with Crippen LogP contribution in [0.2, 0.25) is 0 Å². The van der Waals surface area contributed by atoms with Crippen LogP contribution in [0, 0.1) is 18.3 Å². The van der Waals surface area contributed by atoms with Gasteiger partial charge in [-0.2, -0.15) is 5.26 Å². The highest BCUT2D eigenvalue weighted by Gasteiger charge is 2.62. The number of aryl methyl sites for hydroxylation is 1. The predicted octanol–water partition coefficient (Wildman–Crippen LogP) is 4.21. The van der Waals surface area contributed by atoms with Gasteiger partial charge < -0.3 is 10.6 Å². The molecular formula is C27H26N4O2. The molecular weight excluding hydrogens is 412 g/mol. The molecule has 6 nitrogen and oxygen atoms in total. The van der Waals surface area contributed by atoms with Crippen LogP contribution < -0.4 is 15.5 Å². The minimum Gasteiger partial charge on any atom is -0.384 e. The number of nitrogens with zero attached hydrogens (tertiary/aromatic N) is 3. The smallest absolute Gasteiger partial charge is 0.247 e. The zero-order valence-electron chi connectivity index (χ0n) is 18.9. The third kappa shape index (κ3) is 2.72. The van der Waals surface area contributed by atoms with Crippen LogP contribution in [0.4, 0.5) is 11.4 Å². The summed E-state index contributed by atoms with van der Waals surface area (Å²) in [5.41, 5.74) is 9.78. The van der Waals surface area contributed by atoms with Gasteiger partial charge in [-0.25, -0.2) is 0 Å². The quantitative estimate of drug-likeness (QED) is 0.775. The number of fused-ring (bicyclic) bond motifs is 3. The number of amides is 1. The van der Waals surface area contributed by atoms with Gasteiger partial charge in [0.25, 0.3) is 0 Å². The maximum atomic E-state index is 14.2. The van der Waals surface area contributed by atoms with Crippen LogP contribution in [0.5, 0.6) is 0 Å².